The van der Waals surface area contributed by atoms with Crippen molar-refractivity contribution < 1.29 is 13.7 Å². The average Bonchev–Trinajstić information content (AvgIpc) is 3.19. The van der Waals surface area contributed by atoms with Crippen molar-refractivity contribution in [3.05, 3.63) is 66.3 Å². The molecule has 0 radical (unpaired) electrons. The first kappa shape index (κ1) is 18.3. The van der Waals surface area contributed by atoms with Crippen molar-refractivity contribution in [2.45, 2.75) is 18.8 Å². The summed E-state index contributed by atoms with van der Waals surface area (Å²) in [5, 5.41) is 6.89. The Morgan fingerprint density at radius 1 is 1.14 bits per heavy atom. The lowest BCUT2D eigenvalue weighted by molar-refractivity contribution is -0.117. The first-order valence-corrected chi connectivity index (χ1v) is 9.34. The fourth-order valence-electron chi connectivity index (χ4n) is 3.41. The molecular formula is C21H21FN4O2. The number of carbonyl (C=O) groups is 1. The van der Waals surface area contributed by atoms with Gasteiger partial charge in [0.1, 0.15) is 5.82 Å². The number of para-hydroxylation sites is 1. The Balaban J connectivity index is 1.30. The van der Waals surface area contributed by atoms with Crippen molar-refractivity contribution in [3.63, 3.8) is 0 Å². The summed E-state index contributed by atoms with van der Waals surface area (Å²) in [6, 6.07) is 15.6. The molecule has 0 aliphatic carbocycles. The Kier molecular flexibility index (Phi) is 5.43. The highest BCUT2D eigenvalue weighted by molar-refractivity contribution is 5.92. The standard InChI is InChI=1S/C21H21FN4O2/c22-17-6-4-5-16(13-17)20-24-21(28-25-20)15-9-11-26(12-10-15)14-19(27)23-18-7-2-1-3-8-18/h1-8,13,15H,9-12,14H2,(H,23,27). The molecule has 0 saturated carbocycles. The summed E-state index contributed by atoms with van der Waals surface area (Å²) in [4.78, 5) is 18.8. The van der Waals surface area contributed by atoms with Gasteiger partial charge in [-0.25, -0.2) is 4.39 Å². The van der Waals surface area contributed by atoms with E-state index in [1.807, 2.05) is 30.3 Å². The number of anilines is 1. The molecule has 7 heteroatoms. The monoisotopic (exact) mass is 380 g/mol. The second-order valence-electron chi connectivity index (χ2n) is 6.93. The van der Waals surface area contributed by atoms with E-state index in [2.05, 4.69) is 20.4 Å². The number of nitrogens with zero attached hydrogens (tertiary/aromatic N) is 3. The topological polar surface area (TPSA) is 71.3 Å². The summed E-state index contributed by atoms with van der Waals surface area (Å²) in [6.45, 7) is 1.93. The van der Waals surface area contributed by atoms with Gasteiger partial charge in [0.05, 0.1) is 6.54 Å². The predicted octanol–water partition coefficient (Wildman–Crippen LogP) is 3.69. The van der Waals surface area contributed by atoms with Crippen LogP contribution in [0.2, 0.25) is 0 Å². The maximum atomic E-state index is 13.4. The molecule has 1 aliphatic heterocycles. The first-order valence-electron chi connectivity index (χ1n) is 9.34. The summed E-state index contributed by atoms with van der Waals surface area (Å²) in [7, 11) is 0. The van der Waals surface area contributed by atoms with Gasteiger partial charge in [0.15, 0.2) is 0 Å². The number of hydrogen-bond donors (Lipinski definition) is 1. The minimum Gasteiger partial charge on any atom is -0.339 e. The Morgan fingerprint density at radius 3 is 2.68 bits per heavy atom. The number of hydrogen-bond acceptors (Lipinski definition) is 5. The minimum absolute atomic E-state index is 0.0177. The van der Waals surface area contributed by atoms with Crippen molar-refractivity contribution >= 4 is 11.6 Å². The summed E-state index contributed by atoms with van der Waals surface area (Å²) >= 11 is 0. The lowest BCUT2D eigenvalue weighted by Gasteiger charge is -2.29. The second kappa shape index (κ2) is 8.31. The van der Waals surface area contributed by atoms with Gasteiger partial charge in [-0.05, 0) is 50.2 Å². The van der Waals surface area contributed by atoms with Crippen LogP contribution in [-0.2, 0) is 4.79 Å². The highest BCUT2D eigenvalue weighted by Crippen LogP contribution is 2.28. The molecule has 3 aromatic rings. The van der Waals surface area contributed by atoms with E-state index in [4.69, 9.17) is 4.52 Å². The number of piperidine rings is 1. The summed E-state index contributed by atoms with van der Waals surface area (Å²) < 4.78 is 18.8. The Morgan fingerprint density at radius 2 is 1.93 bits per heavy atom. The molecule has 1 aromatic heterocycles. The van der Waals surface area contributed by atoms with Gasteiger partial charge in [-0.3, -0.25) is 9.69 Å². The normalized spacial score (nSPS) is 15.5. The van der Waals surface area contributed by atoms with Gasteiger partial charge in [-0.1, -0.05) is 35.5 Å². The summed E-state index contributed by atoms with van der Waals surface area (Å²) in [5.74, 6) is 0.789. The molecular weight excluding hydrogens is 359 g/mol. The lowest BCUT2D eigenvalue weighted by atomic mass is 9.97. The molecule has 0 bridgehead atoms. The van der Waals surface area contributed by atoms with E-state index < -0.39 is 0 Å². The van der Waals surface area contributed by atoms with Crippen molar-refractivity contribution in [2.24, 2.45) is 0 Å². The lowest BCUT2D eigenvalue weighted by Crippen LogP contribution is -2.38. The van der Waals surface area contributed by atoms with Gasteiger partial charge >= 0.3 is 0 Å². The fourth-order valence-corrected chi connectivity index (χ4v) is 3.41. The van der Waals surface area contributed by atoms with Crippen LogP contribution in [0.1, 0.15) is 24.7 Å². The molecule has 1 saturated heterocycles. The molecule has 4 rings (SSSR count). The molecule has 28 heavy (non-hydrogen) atoms. The molecule has 0 atom stereocenters. The third-order valence-corrected chi connectivity index (χ3v) is 4.89. The summed E-state index contributed by atoms with van der Waals surface area (Å²) in [6.07, 6.45) is 1.67. The second-order valence-corrected chi connectivity index (χ2v) is 6.93. The fraction of sp³-hybridized carbons (Fsp3) is 0.286. The third-order valence-electron chi connectivity index (χ3n) is 4.89. The number of benzene rings is 2. The van der Waals surface area contributed by atoms with Crippen LogP contribution in [-0.4, -0.2) is 40.6 Å². The van der Waals surface area contributed by atoms with Gasteiger partial charge in [-0.2, -0.15) is 4.98 Å². The highest BCUT2D eigenvalue weighted by Gasteiger charge is 2.26. The maximum absolute atomic E-state index is 13.4. The molecule has 1 amide bonds. The van der Waals surface area contributed by atoms with Crippen LogP contribution >= 0.6 is 0 Å². The Labute approximate surface area is 162 Å². The van der Waals surface area contributed by atoms with Gasteiger partial charge < -0.3 is 9.84 Å². The van der Waals surface area contributed by atoms with Gasteiger partial charge in [0.25, 0.3) is 0 Å². The van der Waals surface area contributed by atoms with E-state index >= 15 is 0 Å². The van der Waals surface area contributed by atoms with E-state index in [-0.39, 0.29) is 17.6 Å². The van der Waals surface area contributed by atoms with Crippen molar-refractivity contribution in [3.8, 4) is 11.4 Å². The van der Waals surface area contributed by atoms with E-state index in [0.717, 1.165) is 31.6 Å². The van der Waals surface area contributed by atoms with Crippen LogP contribution in [0.25, 0.3) is 11.4 Å². The largest absolute Gasteiger partial charge is 0.339 e. The average molecular weight is 380 g/mol. The zero-order chi connectivity index (χ0) is 19.3. The molecule has 0 unspecified atom stereocenters. The molecule has 1 aliphatic rings. The first-order chi connectivity index (χ1) is 13.7. The number of aromatic nitrogens is 2. The maximum Gasteiger partial charge on any atom is 0.238 e. The van der Waals surface area contributed by atoms with Crippen LogP contribution in [0.4, 0.5) is 10.1 Å². The third kappa shape index (κ3) is 4.43. The Bertz CT molecular complexity index is 936. The number of likely N-dealkylation sites (tertiary alicyclic amines) is 1. The number of amides is 1. The van der Waals surface area contributed by atoms with E-state index in [1.54, 1.807) is 12.1 Å². The molecule has 6 nitrogen and oxygen atoms in total. The molecule has 1 fully saturated rings. The highest BCUT2D eigenvalue weighted by atomic mass is 19.1. The molecule has 2 aromatic carbocycles. The number of halogens is 1. The van der Waals surface area contributed by atoms with Gasteiger partial charge in [0.2, 0.25) is 17.6 Å². The van der Waals surface area contributed by atoms with Crippen LogP contribution in [0, 0.1) is 5.82 Å². The molecule has 2 heterocycles. The van der Waals surface area contributed by atoms with Crippen molar-refractivity contribution in [1.29, 1.82) is 0 Å². The minimum atomic E-state index is -0.328. The van der Waals surface area contributed by atoms with Gasteiger partial charge in [-0.15, -0.1) is 0 Å². The molecule has 1 N–H and O–H groups in total. The molecule has 144 valence electrons. The van der Waals surface area contributed by atoms with Crippen molar-refractivity contribution in [2.75, 3.05) is 25.0 Å². The quantitative estimate of drug-likeness (QED) is 0.731. The zero-order valence-corrected chi connectivity index (χ0v) is 15.3. The van der Waals surface area contributed by atoms with Gasteiger partial charge in [0, 0.05) is 17.2 Å². The zero-order valence-electron chi connectivity index (χ0n) is 15.3. The molecule has 0 spiro atoms. The van der Waals surface area contributed by atoms with Crippen LogP contribution < -0.4 is 5.32 Å². The Hall–Kier alpha value is -3.06. The predicted molar refractivity (Wildman–Crippen MR) is 103 cm³/mol. The number of nitrogens with one attached hydrogen (secondary N) is 1. The number of carbonyl (C=O) groups excluding carboxylic acids is 1. The van der Waals surface area contributed by atoms with E-state index in [0.29, 0.717) is 23.8 Å². The van der Waals surface area contributed by atoms with E-state index in [9.17, 15) is 9.18 Å². The van der Waals surface area contributed by atoms with Crippen molar-refractivity contribution in [1.82, 2.24) is 15.0 Å². The van der Waals surface area contributed by atoms with E-state index in [1.165, 1.54) is 12.1 Å². The van der Waals surface area contributed by atoms with Crippen LogP contribution in [0.3, 0.4) is 0 Å². The number of rotatable bonds is 5. The van der Waals surface area contributed by atoms with Crippen LogP contribution in [0.15, 0.2) is 59.1 Å². The SMILES string of the molecule is O=C(CN1CCC(c2nc(-c3cccc(F)c3)no2)CC1)Nc1ccccc1. The van der Waals surface area contributed by atoms with Crippen LogP contribution in [0.5, 0.6) is 0 Å². The summed E-state index contributed by atoms with van der Waals surface area (Å²) in [5.41, 5.74) is 1.41. The smallest absolute Gasteiger partial charge is 0.238 e.